The van der Waals surface area contributed by atoms with Crippen LogP contribution in [0.4, 0.5) is 18.4 Å². The van der Waals surface area contributed by atoms with Crippen LogP contribution >= 0.6 is 0 Å². The second-order valence-electron chi connectivity index (χ2n) is 9.37. The minimum atomic E-state index is -0.975. The number of amides is 3. The van der Waals surface area contributed by atoms with Crippen molar-refractivity contribution >= 4 is 17.7 Å². The van der Waals surface area contributed by atoms with Gasteiger partial charge in [-0.2, -0.15) is 0 Å². The van der Waals surface area contributed by atoms with Crippen molar-refractivity contribution in [2.45, 2.75) is 18.5 Å². The van der Waals surface area contributed by atoms with E-state index in [2.05, 4.69) is 4.90 Å². The Morgan fingerprint density at radius 2 is 1.89 bits per heavy atom. The van der Waals surface area contributed by atoms with Crippen LogP contribution in [0.1, 0.15) is 23.6 Å². The van der Waals surface area contributed by atoms with Gasteiger partial charge in [0.1, 0.15) is 17.4 Å². The van der Waals surface area contributed by atoms with Gasteiger partial charge < -0.3 is 29.8 Å². The van der Waals surface area contributed by atoms with Crippen molar-refractivity contribution in [2.75, 3.05) is 46.8 Å². The Morgan fingerprint density at radius 1 is 1.11 bits per heavy atom. The number of likely N-dealkylation sites (N-methyl/N-ethyl adjacent to an activating group) is 1. The van der Waals surface area contributed by atoms with E-state index in [1.54, 1.807) is 25.3 Å². The molecule has 0 radical (unpaired) electrons. The lowest BCUT2D eigenvalue weighted by molar-refractivity contribution is 0.0706. The molecule has 2 heterocycles. The van der Waals surface area contributed by atoms with E-state index >= 15 is 0 Å². The first-order valence-electron chi connectivity index (χ1n) is 11.8. The molecule has 2 aliphatic rings. The van der Waals surface area contributed by atoms with Gasteiger partial charge in [-0.3, -0.25) is 0 Å². The van der Waals surface area contributed by atoms with Crippen molar-refractivity contribution < 1.29 is 28.6 Å². The van der Waals surface area contributed by atoms with Crippen LogP contribution in [0, 0.1) is 11.6 Å². The van der Waals surface area contributed by atoms with E-state index < -0.39 is 23.8 Å². The highest BCUT2D eigenvalue weighted by Crippen LogP contribution is 2.37. The fourth-order valence-corrected chi connectivity index (χ4v) is 4.87. The smallest absolute Gasteiger partial charge is 0.407 e. The van der Waals surface area contributed by atoms with Crippen molar-refractivity contribution in [3.8, 4) is 5.75 Å². The largest absolute Gasteiger partial charge is 0.508 e. The molecule has 1 saturated heterocycles. The van der Waals surface area contributed by atoms with Gasteiger partial charge in [-0.05, 0) is 54.9 Å². The van der Waals surface area contributed by atoms with Crippen LogP contribution in [-0.4, -0.2) is 94.8 Å². The van der Waals surface area contributed by atoms with E-state index in [0.717, 1.165) is 18.2 Å². The quantitative estimate of drug-likeness (QED) is 0.651. The van der Waals surface area contributed by atoms with Gasteiger partial charge in [0.2, 0.25) is 0 Å². The Labute approximate surface area is 208 Å². The molecule has 4 rings (SSSR count). The fourth-order valence-electron chi connectivity index (χ4n) is 4.87. The summed E-state index contributed by atoms with van der Waals surface area (Å²) >= 11 is 0. The third kappa shape index (κ3) is 5.43. The highest BCUT2D eigenvalue weighted by atomic mass is 19.1. The van der Waals surface area contributed by atoms with Crippen molar-refractivity contribution in [3.63, 3.8) is 0 Å². The standard InChI is InChI=1S/C26H30F2N4O4/c1-29-10-11-31(26(35)36)20(16-29)8-9-30(2)25(34)32-15-18(22-14-19(27)6-7-23(22)28)13-24(32)17-4-3-5-21(33)12-17/h3-7,12-14,20,24,33H,8-11,15-16H2,1-2H3,(H,35,36). The molecule has 0 spiro atoms. The maximum absolute atomic E-state index is 14.5. The number of halogens is 2. The van der Waals surface area contributed by atoms with E-state index in [1.807, 2.05) is 7.05 Å². The molecule has 2 N–H and O–H groups in total. The lowest BCUT2D eigenvalue weighted by Gasteiger charge is -2.39. The number of hydrogen-bond acceptors (Lipinski definition) is 4. The predicted molar refractivity (Wildman–Crippen MR) is 131 cm³/mol. The Morgan fingerprint density at radius 3 is 2.61 bits per heavy atom. The number of carboxylic acid groups (broad SMARTS) is 1. The molecule has 2 aliphatic heterocycles. The van der Waals surface area contributed by atoms with Gasteiger partial charge in [0.15, 0.2) is 0 Å². The molecule has 192 valence electrons. The van der Waals surface area contributed by atoms with E-state index in [0.29, 0.717) is 43.7 Å². The van der Waals surface area contributed by atoms with Crippen LogP contribution in [-0.2, 0) is 0 Å². The lowest BCUT2D eigenvalue weighted by Crippen LogP contribution is -2.54. The second-order valence-corrected chi connectivity index (χ2v) is 9.37. The number of carbonyl (C=O) groups is 2. The maximum Gasteiger partial charge on any atom is 0.407 e. The summed E-state index contributed by atoms with van der Waals surface area (Å²) in [5, 5.41) is 19.5. The zero-order valence-electron chi connectivity index (χ0n) is 20.3. The van der Waals surface area contributed by atoms with Crippen molar-refractivity contribution in [3.05, 3.63) is 71.3 Å². The van der Waals surface area contributed by atoms with Crippen LogP contribution in [0.3, 0.4) is 0 Å². The number of hydrogen-bond donors (Lipinski definition) is 2. The summed E-state index contributed by atoms with van der Waals surface area (Å²) in [6, 6.07) is 8.50. The minimum absolute atomic E-state index is 0.0298. The van der Waals surface area contributed by atoms with Crippen LogP contribution in [0.2, 0.25) is 0 Å². The highest BCUT2D eigenvalue weighted by molar-refractivity contribution is 5.82. The summed E-state index contributed by atoms with van der Waals surface area (Å²) < 4.78 is 28.4. The molecular formula is C26H30F2N4O4. The number of rotatable bonds is 5. The Hall–Kier alpha value is -3.66. The molecule has 8 nitrogen and oxygen atoms in total. The molecule has 0 bridgehead atoms. The van der Waals surface area contributed by atoms with Gasteiger partial charge in [0.25, 0.3) is 0 Å². The SMILES string of the molecule is CN1CCN(C(=O)O)C(CCN(C)C(=O)N2CC(c3cc(F)ccc3F)=CC2c2cccc(O)c2)C1. The lowest BCUT2D eigenvalue weighted by atomic mass is 10.0. The van der Waals surface area contributed by atoms with E-state index in [-0.39, 0.29) is 29.9 Å². The third-order valence-electron chi connectivity index (χ3n) is 6.82. The molecule has 0 saturated carbocycles. The number of phenols is 1. The normalized spacial score (nSPS) is 20.4. The van der Waals surface area contributed by atoms with Crippen molar-refractivity contribution in [1.82, 2.24) is 19.6 Å². The Bertz CT molecular complexity index is 1170. The zero-order chi connectivity index (χ0) is 26.0. The first-order valence-corrected chi connectivity index (χ1v) is 11.8. The molecule has 0 aromatic heterocycles. The van der Waals surface area contributed by atoms with Crippen LogP contribution < -0.4 is 0 Å². The molecule has 2 aromatic carbocycles. The molecule has 2 unspecified atom stereocenters. The summed E-state index contributed by atoms with van der Waals surface area (Å²) in [5.74, 6) is -1.14. The highest BCUT2D eigenvalue weighted by Gasteiger charge is 2.34. The number of nitrogens with zero attached hydrogens (tertiary/aromatic N) is 4. The number of piperazine rings is 1. The first-order chi connectivity index (χ1) is 17.1. The summed E-state index contributed by atoms with van der Waals surface area (Å²) in [5.41, 5.74) is 1.18. The predicted octanol–water partition coefficient (Wildman–Crippen LogP) is 3.85. The number of carbonyl (C=O) groups excluding carboxylic acids is 1. The molecule has 36 heavy (non-hydrogen) atoms. The summed E-state index contributed by atoms with van der Waals surface area (Å²) in [6.07, 6.45) is 1.19. The first kappa shape index (κ1) is 25.4. The summed E-state index contributed by atoms with van der Waals surface area (Å²) in [7, 11) is 3.57. The van der Waals surface area contributed by atoms with Gasteiger partial charge in [0, 0.05) is 51.4 Å². The molecule has 10 heteroatoms. The molecule has 3 amide bonds. The fraction of sp³-hybridized carbons (Fsp3) is 0.385. The molecule has 0 aliphatic carbocycles. The van der Waals surface area contributed by atoms with Gasteiger partial charge in [0.05, 0.1) is 6.04 Å². The number of urea groups is 1. The van der Waals surface area contributed by atoms with Gasteiger partial charge in [-0.15, -0.1) is 0 Å². The summed E-state index contributed by atoms with van der Waals surface area (Å²) in [6.45, 7) is 2.01. The topological polar surface area (TPSA) is 87.6 Å². The van der Waals surface area contributed by atoms with Crippen LogP contribution in [0.25, 0.3) is 5.57 Å². The maximum atomic E-state index is 14.5. The monoisotopic (exact) mass is 500 g/mol. The Balaban J connectivity index is 1.54. The Kier molecular flexibility index (Phi) is 7.44. The van der Waals surface area contributed by atoms with Gasteiger partial charge >= 0.3 is 12.1 Å². The van der Waals surface area contributed by atoms with Crippen LogP contribution in [0.5, 0.6) is 5.75 Å². The number of aromatic hydroxyl groups is 1. The minimum Gasteiger partial charge on any atom is -0.508 e. The average molecular weight is 501 g/mol. The number of phenolic OH excluding ortho intramolecular Hbond substituents is 1. The van der Waals surface area contributed by atoms with Gasteiger partial charge in [-0.25, -0.2) is 18.4 Å². The number of benzene rings is 2. The molecule has 2 atom stereocenters. The van der Waals surface area contributed by atoms with Crippen molar-refractivity contribution in [1.29, 1.82) is 0 Å². The average Bonchev–Trinajstić information content (AvgIpc) is 3.28. The zero-order valence-corrected chi connectivity index (χ0v) is 20.3. The molecular weight excluding hydrogens is 470 g/mol. The second kappa shape index (κ2) is 10.5. The van der Waals surface area contributed by atoms with Crippen molar-refractivity contribution in [2.24, 2.45) is 0 Å². The third-order valence-corrected chi connectivity index (χ3v) is 6.82. The van der Waals surface area contributed by atoms with E-state index in [1.165, 1.54) is 26.8 Å². The van der Waals surface area contributed by atoms with Crippen LogP contribution in [0.15, 0.2) is 48.5 Å². The van der Waals surface area contributed by atoms with Gasteiger partial charge in [-0.1, -0.05) is 18.2 Å². The van der Waals surface area contributed by atoms with E-state index in [4.69, 9.17) is 0 Å². The summed E-state index contributed by atoms with van der Waals surface area (Å²) in [4.78, 5) is 31.7. The van der Waals surface area contributed by atoms with E-state index in [9.17, 15) is 28.6 Å². The molecule has 2 aromatic rings. The molecule has 1 fully saturated rings.